The highest BCUT2D eigenvalue weighted by molar-refractivity contribution is 7.42. The summed E-state index contributed by atoms with van der Waals surface area (Å²) < 4.78 is 27.4. The molecule has 0 spiro atoms. The van der Waals surface area contributed by atoms with E-state index in [-0.39, 0.29) is 0 Å². The average molecular weight is 376 g/mol. The fourth-order valence-corrected chi connectivity index (χ4v) is 2.59. The smallest absolute Gasteiger partial charge is 0.255 e. The molecule has 9 heteroatoms. The molecule has 25 heavy (non-hydrogen) atoms. The van der Waals surface area contributed by atoms with Gasteiger partial charge in [0, 0.05) is 12.8 Å². The summed E-state index contributed by atoms with van der Waals surface area (Å²) in [6.45, 7) is 10.8. The van der Waals surface area contributed by atoms with E-state index in [9.17, 15) is 4.20 Å². The van der Waals surface area contributed by atoms with Crippen molar-refractivity contribution in [3.05, 3.63) is 36.4 Å². The van der Waals surface area contributed by atoms with Crippen molar-refractivity contribution < 1.29 is 27.7 Å². The van der Waals surface area contributed by atoms with E-state index >= 15 is 0 Å². The summed E-state index contributed by atoms with van der Waals surface area (Å²) in [6.07, 6.45) is 10.7. The third-order valence-electron chi connectivity index (χ3n) is 3.73. The van der Waals surface area contributed by atoms with E-state index < -0.39 is 7.91 Å². The minimum absolute atomic E-state index is 1.07. The first-order valence-corrected chi connectivity index (χ1v) is 9.81. The van der Waals surface area contributed by atoms with Crippen molar-refractivity contribution in [2.45, 2.75) is 53.6 Å². The van der Waals surface area contributed by atoms with Gasteiger partial charge in [0.1, 0.15) is 32.7 Å². The summed E-state index contributed by atoms with van der Waals surface area (Å²) in [6, 6.07) is 0. The molecule has 2 heterocycles. The van der Waals surface area contributed by atoms with Gasteiger partial charge in [0.25, 0.3) is 11.6 Å². The second-order valence-electron chi connectivity index (χ2n) is 5.36. The van der Waals surface area contributed by atoms with Crippen molar-refractivity contribution in [3.63, 3.8) is 0 Å². The molecular weight excluding hydrogens is 346 g/mol. The van der Waals surface area contributed by atoms with Crippen LogP contribution in [-0.4, -0.2) is 9.13 Å². The van der Waals surface area contributed by atoms with E-state index in [1.165, 1.54) is 11.6 Å². The van der Waals surface area contributed by atoms with Crippen molar-refractivity contribution in [3.8, 4) is 0 Å². The first kappa shape index (κ1) is 23.5. The maximum atomic E-state index is 10.1. The van der Waals surface area contributed by atoms with Crippen LogP contribution >= 0.6 is 7.91 Å². The quantitative estimate of drug-likeness (QED) is 0.578. The molecule has 0 atom stereocenters. The lowest BCUT2D eigenvalue weighted by Gasteiger charge is -2.15. The van der Waals surface area contributed by atoms with Crippen LogP contribution in [0.15, 0.2) is 24.8 Å². The van der Waals surface area contributed by atoms with Gasteiger partial charge in [-0.15, -0.1) is 0 Å². The zero-order valence-electron chi connectivity index (χ0n) is 16.0. The summed E-state index contributed by atoms with van der Waals surface area (Å²) in [7, 11) is -1.46. The van der Waals surface area contributed by atoms with Crippen molar-refractivity contribution in [2.75, 3.05) is 0 Å². The van der Waals surface area contributed by atoms with Gasteiger partial charge >= 0.3 is 0 Å². The molecule has 2 rings (SSSR count). The fraction of sp³-hybridized carbons (Fsp3) is 0.625. The van der Waals surface area contributed by atoms with Gasteiger partial charge in [-0.1, -0.05) is 13.8 Å². The van der Waals surface area contributed by atoms with Gasteiger partial charge in [-0.3, -0.25) is 0 Å². The second-order valence-corrected chi connectivity index (χ2v) is 6.22. The molecular formula is C16H30FN4O3P. The Labute approximate surface area is 149 Å². The summed E-state index contributed by atoms with van der Waals surface area (Å²) in [5.41, 5.74) is 0. The van der Waals surface area contributed by atoms with Crippen LogP contribution in [0.5, 0.6) is 0 Å². The zero-order chi connectivity index (χ0) is 19.6. The Balaban J connectivity index is 0.000000368. The first-order chi connectivity index (χ1) is 11.6. The SMILES string of the molecule is CCc1n(CC)cc[n+]1C.CCc1n(CC)cc[n+]1C.O=P([O-])([O-])F. The van der Waals surface area contributed by atoms with E-state index in [2.05, 4.69) is 84.8 Å². The minimum atomic E-state index is -5.64. The molecule has 144 valence electrons. The molecule has 0 aliphatic carbocycles. The van der Waals surface area contributed by atoms with Crippen LogP contribution in [0.1, 0.15) is 39.3 Å². The molecule has 0 saturated carbocycles. The summed E-state index contributed by atoms with van der Waals surface area (Å²) in [4.78, 5) is 16.9. The molecule has 2 aromatic heterocycles. The maximum absolute atomic E-state index is 10.1. The maximum Gasteiger partial charge on any atom is 0.255 e. The minimum Gasteiger partial charge on any atom is -0.786 e. The number of nitrogens with zero attached hydrogens (tertiary/aromatic N) is 4. The Hall–Kier alpha value is -1.50. The van der Waals surface area contributed by atoms with Gasteiger partial charge in [0.05, 0.1) is 27.2 Å². The van der Waals surface area contributed by atoms with Crippen LogP contribution < -0.4 is 18.9 Å². The molecule has 0 saturated heterocycles. The number of hydrogen-bond acceptors (Lipinski definition) is 3. The highest BCUT2D eigenvalue weighted by Gasteiger charge is 2.09. The Kier molecular flexibility index (Phi) is 10.5. The molecule has 7 nitrogen and oxygen atoms in total. The molecule has 0 unspecified atom stereocenters. The molecule has 0 N–H and O–H groups in total. The van der Waals surface area contributed by atoms with E-state index in [0.29, 0.717) is 0 Å². The third kappa shape index (κ3) is 8.95. The van der Waals surface area contributed by atoms with Gasteiger partial charge in [-0.25, -0.2) is 22.5 Å². The van der Waals surface area contributed by atoms with Gasteiger partial charge < -0.3 is 14.4 Å². The second kappa shape index (κ2) is 11.2. The highest BCUT2D eigenvalue weighted by atomic mass is 31.2. The van der Waals surface area contributed by atoms with Crippen molar-refractivity contribution in [2.24, 2.45) is 14.1 Å². The fourth-order valence-electron chi connectivity index (χ4n) is 2.59. The van der Waals surface area contributed by atoms with E-state index in [4.69, 9.17) is 14.4 Å². The Morgan fingerprint density at radius 2 is 1.20 bits per heavy atom. The lowest BCUT2D eigenvalue weighted by Crippen LogP contribution is -2.31. The Morgan fingerprint density at radius 3 is 1.36 bits per heavy atom. The molecule has 2 aromatic rings. The molecule has 0 bridgehead atoms. The Morgan fingerprint density at radius 1 is 0.920 bits per heavy atom. The summed E-state index contributed by atoms with van der Waals surface area (Å²) >= 11 is 0. The normalized spacial score (nSPS) is 10.6. The van der Waals surface area contributed by atoms with Crippen molar-refractivity contribution in [1.82, 2.24) is 9.13 Å². The van der Waals surface area contributed by atoms with Crippen LogP contribution in [0.3, 0.4) is 0 Å². The monoisotopic (exact) mass is 376 g/mol. The van der Waals surface area contributed by atoms with Crippen LogP contribution in [0.25, 0.3) is 0 Å². The molecule has 0 radical (unpaired) electrons. The number of aromatic nitrogens is 4. The van der Waals surface area contributed by atoms with Crippen LogP contribution in [-0.2, 0) is 44.6 Å². The van der Waals surface area contributed by atoms with Crippen LogP contribution in [0.4, 0.5) is 4.20 Å². The highest BCUT2D eigenvalue weighted by Crippen LogP contribution is 2.22. The topological polar surface area (TPSA) is 80.8 Å². The van der Waals surface area contributed by atoms with Crippen LogP contribution in [0, 0.1) is 0 Å². The number of halogens is 1. The zero-order valence-corrected chi connectivity index (χ0v) is 16.9. The molecule has 0 fully saturated rings. The summed E-state index contributed by atoms with van der Waals surface area (Å²) in [5.74, 6) is 2.78. The van der Waals surface area contributed by atoms with Gasteiger partial charge in [-0.2, -0.15) is 0 Å². The first-order valence-electron chi connectivity index (χ1n) is 8.37. The van der Waals surface area contributed by atoms with E-state index in [0.717, 1.165) is 25.9 Å². The van der Waals surface area contributed by atoms with Crippen LogP contribution in [0.2, 0.25) is 0 Å². The predicted molar refractivity (Wildman–Crippen MR) is 90.0 cm³/mol. The summed E-state index contributed by atoms with van der Waals surface area (Å²) in [5, 5.41) is 0. The number of hydrogen-bond donors (Lipinski definition) is 0. The molecule has 0 aromatic carbocycles. The van der Waals surface area contributed by atoms with Crippen molar-refractivity contribution >= 4 is 7.91 Å². The van der Waals surface area contributed by atoms with Gasteiger partial charge in [0.2, 0.25) is 0 Å². The number of imidazole rings is 2. The standard InChI is InChI=1S/2C8H15N2.FH2O3P/c2*1-4-8-9(3)6-7-10(8)5-2;1-5(2,3)4/h2*6-7H,4-5H2,1-3H3;(H2,2,3,4)/q2*+1;/p-2. The van der Waals surface area contributed by atoms with Gasteiger partial charge in [-0.05, 0) is 13.8 Å². The largest absolute Gasteiger partial charge is 0.786 e. The van der Waals surface area contributed by atoms with E-state index in [1.54, 1.807) is 0 Å². The molecule has 0 aliphatic heterocycles. The lowest BCUT2D eigenvalue weighted by atomic mass is 10.4. The predicted octanol–water partition coefficient (Wildman–Crippen LogP) is 0.574. The van der Waals surface area contributed by atoms with E-state index in [1.807, 2.05) is 0 Å². The molecule has 0 amide bonds. The molecule has 0 aliphatic rings. The van der Waals surface area contributed by atoms with Crippen molar-refractivity contribution in [1.29, 1.82) is 0 Å². The lowest BCUT2D eigenvalue weighted by molar-refractivity contribution is -0.678. The Bertz CT molecular complexity index is 622. The number of aryl methyl sites for hydroxylation is 4. The average Bonchev–Trinajstić information content (AvgIpc) is 3.07. The third-order valence-corrected chi connectivity index (χ3v) is 3.73. The number of rotatable bonds is 4. The van der Waals surface area contributed by atoms with Gasteiger partial charge in [0.15, 0.2) is 0 Å².